The number of nitrogens with one attached hydrogen (secondary N) is 1. The first-order chi connectivity index (χ1) is 4.09. The van der Waals surface area contributed by atoms with Gasteiger partial charge < -0.3 is 10.8 Å². The molecule has 4 heteroatoms. The summed E-state index contributed by atoms with van der Waals surface area (Å²) in [5.41, 5.74) is 7.59. The van der Waals surface area contributed by atoms with Crippen LogP contribution in [0.1, 0.15) is 13.8 Å². The fourth-order valence-electron chi connectivity index (χ4n) is 0.685. The number of aliphatic hydroxyl groups is 1. The van der Waals surface area contributed by atoms with Crippen molar-refractivity contribution in [2.45, 2.75) is 26.1 Å². The van der Waals surface area contributed by atoms with E-state index in [9.17, 15) is 0 Å². The third-order valence-corrected chi connectivity index (χ3v) is 1.28. The molecule has 0 aromatic heterocycles. The second-order valence-corrected chi connectivity index (χ2v) is 2.43. The SMILES string of the molecule is CC(C)[C@H](NN)C(N)O. The summed E-state index contributed by atoms with van der Waals surface area (Å²) in [5.74, 6) is 5.33. The lowest BCUT2D eigenvalue weighted by Crippen LogP contribution is -2.51. The average molecular weight is 133 g/mol. The van der Waals surface area contributed by atoms with Crippen LogP contribution in [0.5, 0.6) is 0 Å². The van der Waals surface area contributed by atoms with Gasteiger partial charge in [-0.05, 0) is 5.92 Å². The van der Waals surface area contributed by atoms with Gasteiger partial charge >= 0.3 is 0 Å². The Morgan fingerprint density at radius 2 is 1.89 bits per heavy atom. The van der Waals surface area contributed by atoms with E-state index in [1.165, 1.54) is 0 Å². The number of hydrogen-bond acceptors (Lipinski definition) is 4. The van der Waals surface area contributed by atoms with E-state index in [-0.39, 0.29) is 12.0 Å². The van der Waals surface area contributed by atoms with Crippen molar-refractivity contribution in [3.63, 3.8) is 0 Å². The Labute approximate surface area is 55.2 Å². The Morgan fingerprint density at radius 1 is 1.44 bits per heavy atom. The molecule has 0 aromatic rings. The summed E-state index contributed by atoms with van der Waals surface area (Å²) in [6.45, 7) is 3.86. The molecule has 0 saturated heterocycles. The van der Waals surface area contributed by atoms with Crippen molar-refractivity contribution in [2.75, 3.05) is 0 Å². The van der Waals surface area contributed by atoms with E-state index in [1.807, 2.05) is 13.8 Å². The molecule has 0 spiro atoms. The highest BCUT2D eigenvalue weighted by Crippen LogP contribution is 2.00. The van der Waals surface area contributed by atoms with Crippen molar-refractivity contribution in [1.29, 1.82) is 0 Å². The third-order valence-electron chi connectivity index (χ3n) is 1.28. The molecular formula is C5H15N3O. The molecule has 0 heterocycles. The number of hydrazine groups is 1. The molecule has 0 aromatic carbocycles. The highest BCUT2D eigenvalue weighted by molar-refractivity contribution is 4.71. The van der Waals surface area contributed by atoms with Gasteiger partial charge in [-0.15, -0.1) is 0 Å². The van der Waals surface area contributed by atoms with Crippen LogP contribution in [0.2, 0.25) is 0 Å². The third kappa shape index (κ3) is 2.76. The first-order valence-electron chi connectivity index (χ1n) is 2.99. The summed E-state index contributed by atoms with van der Waals surface area (Å²) in [6.07, 6.45) is -0.880. The Morgan fingerprint density at radius 3 is 1.89 bits per heavy atom. The lowest BCUT2D eigenvalue weighted by atomic mass is 10.0. The maximum atomic E-state index is 8.82. The van der Waals surface area contributed by atoms with Gasteiger partial charge in [-0.3, -0.25) is 11.3 Å². The molecule has 9 heavy (non-hydrogen) atoms. The summed E-state index contributed by atoms with van der Waals surface area (Å²) >= 11 is 0. The highest BCUT2D eigenvalue weighted by Gasteiger charge is 2.16. The van der Waals surface area contributed by atoms with Gasteiger partial charge in [-0.2, -0.15) is 0 Å². The highest BCUT2D eigenvalue weighted by atomic mass is 16.3. The zero-order valence-corrected chi connectivity index (χ0v) is 5.83. The summed E-state index contributed by atoms with van der Waals surface area (Å²) in [4.78, 5) is 0. The van der Waals surface area contributed by atoms with Crippen LogP contribution in [0.3, 0.4) is 0 Å². The maximum absolute atomic E-state index is 8.82. The van der Waals surface area contributed by atoms with Gasteiger partial charge in [0.1, 0.15) is 6.23 Å². The van der Waals surface area contributed by atoms with Crippen molar-refractivity contribution >= 4 is 0 Å². The average Bonchev–Trinajstić information content (AvgIpc) is 1.64. The van der Waals surface area contributed by atoms with E-state index in [2.05, 4.69) is 5.43 Å². The Balaban J connectivity index is 3.68. The van der Waals surface area contributed by atoms with Gasteiger partial charge in [0.2, 0.25) is 0 Å². The van der Waals surface area contributed by atoms with Crippen LogP contribution in [0, 0.1) is 5.92 Å². The monoisotopic (exact) mass is 133 g/mol. The molecule has 2 atom stereocenters. The molecule has 0 saturated carbocycles. The largest absolute Gasteiger partial charge is 0.377 e. The van der Waals surface area contributed by atoms with Crippen LogP contribution in [0.4, 0.5) is 0 Å². The van der Waals surface area contributed by atoms with Crippen molar-refractivity contribution in [3.05, 3.63) is 0 Å². The summed E-state index contributed by atoms with van der Waals surface area (Å²) in [5, 5.41) is 8.82. The Hall–Kier alpha value is -0.160. The number of aliphatic hydroxyl groups excluding tert-OH is 1. The topological polar surface area (TPSA) is 84.3 Å². The summed E-state index contributed by atoms with van der Waals surface area (Å²) in [7, 11) is 0. The zero-order valence-electron chi connectivity index (χ0n) is 5.83. The van der Waals surface area contributed by atoms with E-state index < -0.39 is 6.23 Å². The van der Waals surface area contributed by atoms with Crippen molar-refractivity contribution in [3.8, 4) is 0 Å². The smallest absolute Gasteiger partial charge is 0.119 e. The lowest BCUT2D eigenvalue weighted by molar-refractivity contribution is 0.111. The minimum Gasteiger partial charge on any atom is -0.377 e. The molecule has 0 aliphatic rings. The van der Waals surface area contributed by atoms with E-state index in [0.29, 0.717) is 0 Å². The van der Waals surface area contributed by atoms with Crippen molar-refractivity contribution < 1.29 is 5.11 Å². The minimum absolute atomic E-state index is 0.218. The lowest BCUT2D eigenvalue weighted by Gasteiger charge is -2.21. The second-order valence-electron chi connectivity index (χ2n) is 2.43. The molecule has 0 bridgehead atoms. The van der Waals surface area contributed by atoms with Gasteiger partial charge in [0, 0.05) is 0 Å². The van der Waals surface area contributed by atoms with Gasteiger partial charge in [-0.1, -0.05) is 13.8 Å². The molecular weight excluding hydrogens is 118 g/mol. The van der Waals surface area contributed by atoms with Crippen molar-refractivity contribution in [1.82, 2.24) is 5.43 Å². The van der Waals surface area contributed by atoms with Crippen LogP contribution in [0.15, 0.2) is 0 Å². The number of nitrogens with two attached hydrogens (primary N) is 2. The van der Waals surface area contributed by atoms with E-state index >= 15 is 0 Å². The predicted molar refractivity (Wildman–Crippen MR) is 36.1 cm³/mol. The van der Waals surface area contributed by atoms with Gasteiger partial charge in [0.05, 0.1) is 6.04 Å². The van der Waals surface area contributed by atoms with Crippen LogP contribution >= 0.6 is 0 Å². The first-order valence-corrected chi connectivity index (χ1v) is 2.99. The van der Waals surface area contributed by atoms with Crippen LogP contribution < -0.4 is 17.0 Å². The van der Waals surface area contributed by atoms with E-state index in [4.69, 9.17) is 16.7 Å². The zero-order chi connectivity index (χ0) is 7.44. The van der Waals surface area contributed by atoms with Crippen molar-refractivity contribution in [2.24, 2.45) is 17.5 Å². The Kier molecular flexibility index (Phi) is 3.72. The molecule has 1 unspecified atom stereocenters. The number of hydrogen-bond donors (Lipinski definition) is 4. The molecule has 0 rings (SSSR count). The standard InChI is InChI=1S/C5H15N3O/c1-3(2)4(8-7)5(6)9/h3-5,8-9H,6-7H2,1-2H3/t4-,5?/m0/s1. The predicted octanol–water partition coefficient (Wildman–Crippen LogP) is -1.25. The molecule has 4 nitrogen and oxygen atoms in total. The summed E-state index contributed by atoms with van der Waals surface area (Å²) in [6, 6.07) is -0.218. The molecule has 56 valence electrons. The minimum atomic E-state index is -0.880. The Bertz CT molecular complexity index is 66.6. The van der Waals surface area contributed by atoms with Crippen LogP contribution in [-0.2, 0) is 0 Å². The van der Waals surface area contributed by atoms with E-state index in [1.54, 1.807) is 0 Å². The van der Waals surface area contributed by atoms with Gasteiger partial charge in [-0.25, -0.2) is 0 Å². The number of rotatable bonds is 3. The summed E-state index contributed by atoms with van der Waals surface area (Å²) < 4.78 is 0. The molecule has 0 fully saturated rings. The fourth-order valence-corrected chi connectivity index (χ4v) is 0.685. The first kappa shape index (κ1) is 8.84. The molecule has 0 radical (unpaired) electrons. The fraction of sp³-hybridized carbons (Fsp3) is 1.00. The molecule has 0 aliphatic carbocycles. The van der Waals surface area contributed by atoms with Crippen LogP contribution in [-0.4, -0.2) is 17.4 Å². The van der Waals surface area contributed by atoms with Crippen LogP contribution in [0.25, 0.3) is 0 Å². The molecule has 0 amide bonds. The quantitative estimate of drug-likeness (QED) is 0.220. The van der Waals surface area contributed by atoms with Gasteiger partial charge in [0.25, 0.3) is 0 Å². The second kappa shape index (κ2) is 3.79. The van der Waals surface area contributed by atoms with Gasteiger partial charge in [0.15, 0.2) is 0 Å². The molecule has 6 N–H and O–H groups in total. The van der Waals surface area contributed by atoms with E-state index in [0.717, 1.165) is 0 Å². The maximum Gasteiger partial charge on any atom is 0.119 e. The molecule has 0 aliphatic heterocycles. The normalized spacial score (nSPS) is 18.0.